The first-order valence-corrected chi connectivity index (χ1v) is 7.14. The quantitative estimate of drug-likeness (QED) is 0.830. The van der Waals surface area contributed by atoms with E-state index < -0.39 is 0 Å². The summed E-state index contributed by atoms with van der Waals surface area (Å²) in [7, 11) is 0. The van der Waals surface area contributed by atoms with Crippen molar-refractivity contribution in [1.82, 2.24) is 0 Å². The number of rotatable bonds is 2. The smallest absolute Gasteiger partial charge is 0.106 e. The molecule has 0 spiro atoms. The number of nitrogens with zero attached hydrogens (tertiary/aromatic N) is 1. The molecule has 0 aliphatic carbocycles. The summed E-state index contributed by atoms with van der Waals surface area (Å²) in [5.41, 5.74) is 9.31. The van der Waals surface area contributed by atoms with Crippen LogP contribution in [0.25, 0.3) is 0 Å². The summed E-state index contributed by atoms with van der Waals surface area (Å²) >= 11 is 5.19. The summed E-state index contributed by atoms with van der Waals surface area (Å²) in [6.45, 7) is 6.64. The fourth-order valence-corrected chi connectivity index (χ4v) is 2.79. The molecule has 18 heavy (non-hydrogen) atoms. The lowest BCUT2D eigenvalue weighted by molar-refractivity contribution is 0.521. The van der Waals surface area contributed by atoms with Crippen molar-refractivity contribution in [3.05, 3.63) is 29.3 Å². The second-order valence-corrected chi connectivity index (χ2v) is 5.85. The van der Waals surface area contributed by atoms with Crippen LogP contribution in [0.2, 0.25) is 0 Å². The van der Waals surface area contributed by atoms with Gasteiger partial charge in [0.15, 0.2) is 0 Å². The van der Waals surface area contributed by atoms with Gasteiger partial charge in [-0.3, -0.25) is 0 Å². The Labute approximate surface area is 115 Å². The molecule has 1 aliphatic heterocycles. The van der Waals surface area contributed by atoms with Gasteiger partial charge in [-0.05, 0) is 44.2 Å². The largest absolute Gasteiger partial charge is 0.389 e. The van der Waals surface area contributed by atoms with Gasteiger partial charge in [-0.25, -0.2) is 0 Å². The van der Waals surface area contributed by atoms with Crippen LogP contribution in [0.5, 0.6) is 0 Å². The van der Waals surface area contributed by atoms with E-state index in [1.165, 1.54) is 30.5 Å². The van der Waals surface area contributed by atoms with Crippen LogP contribution in [-0.2, 0) is 0 Å². The molecule has 0 saturated carbocycles. The summed E-state index contributed by atoms with van der Waals surface area (Å²) in [4.78, 5) is 2.95. The SMILES string of the molecule is Cc1ccc(N2CCCC(C)CC2)c(C(N)=S)c1. The lowest BCUT2D eigenvalue weighted by atomic mass is 10.0. The van der Waals surface area contributed by atoms with Crippen molar-refractivity contribution >= 4 is 22.9 Å². The highest BCUT2D eigenvalue weighted by atomic mass is 32.1. The van der Waals surface area contributed by atoms with Crippen LogP contribution < -0.4 is 10.6 Å². The molecule has 3 heteroatoms. The molecule has 0 aromatic heterocycles. The van der Waals surface area contributed by atoms with Gasteiger partial charge in [0, 0.05) is 24.3 Å². The molecule has 2 rings (SSSR count). The first-order valence-electron chi connectivity index (χ1n) is 6.73. The van der Waals surface area contributed by atoms with Crippen LogP contribution in [0.4, 0.5) is 5.69 Å². The number of aryl methyl sites for hydroxylation is 1. The zero-order valence-electron chi connectivity index (χ0n) is 11.3. The first-order chi connectivity index (χ1) is 8.58. The second-order valence-electron chi connectivity index (χ2n) is 5.41. The topological polar surface area (TPSA) is 29.3 Å². The van der Waals surface area contributed by atoms with E-state index in [2.05, 4.69) is 36.9 Å². The van der Waals surface area contributed by atoms with E-state index in [1.807, 2.05) is 0 Å². The van der Waals surface area contributed by atoms with Crippen LogP contribution in [0.3, 0.4) is 0 Å². The molecule has 0 bridgehead atoms. The standard InChI is InChI=1S/C15H22N2S/c1-11-4-3-8-17(9-7-11)14-6-5-12(2)10-13(14)15(16)18/h5-6,10-11H,3-4,7-9H2,1-2H3,(H2,16,18). The molecule has 2 N–H and O–H groups in total. The fraction of sp³-hybridized carbons (Fsp3) is 0.533. The molecule has 0 amide bonds. The monoisotopic (exact) mass is 262 g/mol. The Hall–Kier alpha value is -1.09. The van der Waals surface area contributed by atoms with Gasteiger partial charge >= 0.3 is 0 Å². The minimum atomic E-state index is 0.506. The number of nitrogens with two attached hydrogens (primary N) is 1. The van der Waals surface area contributed by atoms with E-state index in [9.17, 15) is 0 Å². The van der Waals surface area contributed by atoms with E-state index in [1.54, 1.807) is 0 Å². The van der Waals surface area contributed by atoms with Crippen LogP contribution in [0, 0.1) is 12.8 Å². The highest BCUT2D eigenvalue weighted by Crippen LogP contribution is 2.26. The zero-order valence-corrected chi connectivity index (χ0v) is 12.1. The zero-order chi connectivity index (χ0) is 13.1. The Morgan fingerprint density at radius 1 is 1.33 bits per heavy atom. The van der Waals surface area contributed by atoms with Crippen molar-refractivity contribution in [3.8, 4) is 0 Å². The third-order valence-corrected chi connectivity index (χ3v) is 3.99. The van der Waals surface area contributed by atoms with Gasteiger partial charge < -0.3 is 10.6 Å². The van der Waals surface area contributed by atoms with E-state index >= 15 is 0 Å². The van der Waals surface area contributed by atoms with E-state index in [4.69, 9.17) is 18.0 Å². The Morgan fingerprint density at radius 2 is 2.11 bits per heavy atom. The molecule has 1 unspecified atom stereocenters. The average Bonchev–Trinajstić information content (AvgIpc) is 2.54. The van der Waals surface area contributed by atoms with Gasteiger partial charge in [-0.15, -0.1) is 0 Å². The minimum Gasteiger partial charge on any atom is -0.389 e. The van der Waals surface area contributed by atoms with Crippen molar-refractivity contribution in [2.45, 2.75) is 33.1 Å². The normalized spacial score (nSPS) is 20.6. The summed E-state index contributed by atoms with van der Waals surface area (Å²) in [6.07, 6.45) is 3.83. The number of benzene rings is 1. The number of hydrogen-bond donors (Lipinski definition) is 1. The number of hydrogen-bond acceptors (Lipinski definition) is 2. The van der Waals surface area contributed by atoms with Gasteiger partial charge in [-0.2, -0.15) is 0 Å². The first kappa shape index (κ1) is 13.3. The van der Waals surface area contributed by atoms with Crippen LogP contribution >= 0.6 is 12.2 Å². The van der Waals surface area contributed by atoms with Gasteiger partial charge in [0.1, 0.15) is 4.99 Å². The summed E-state index contributed by atoms with van der Waals surface area (Å²) < 4.78 is 0. The molecule has 1 atom stereocenters. The lowest BCUT2D eigenvalue weighted by Crippen LogP contribution is -2.27. The molecule has 1 aliphatic rings. The third kappa shape index (κ3) is 3.02. The summed E-state index contributed by atoms with van der Waals surface area (Å²) in [5, 5.41) is 0. The van der Waals surface area contributed by atoms with Crippen molar-refractivity contribution in [1.29, 1.82) is 0 Å². The van der Waals surface area contributed by atoms with Gasteiger partial charge in [-0.1, -0.05) is 30.8 Å². The molecule has 98 valence electrons. The highest BCUT2D eigenvalue weighted by molar-refractivity contribution is 7.80. The number of anilines is 1. The molecule has 1 fully saturated rings. The molecule has 0 radical (unpaired) electrons. The van der Waals surface area contributed by atoms with Crippen LogP contribution in [0.15, 0.2) is 18.2 Å². The molecule has 1 aromatic rings. The molecular formula is C15H22N2S. The van der Waals surface area contributed by atoms with Crippen molar-refractivity contribution in [2.75, 3.05) is 18.0 Å². The second kappa shape index (κ2) is 5.70. The predicted molar refractivity (Wildman–Crippen MR) is 82.3 cm³/mol. The van der Waals surface area contributed by atoms with E-state index in [0.29, 0.717) is 4.99 Å². The lowest BCUT2D eigenvalue weighted by Gasteiger charge is -2.25. The predicted octanol–water partition coefficient (Wildman–Crippen LogP) is 3.26. The Balaban J connectivity index is 2.29. The highest BCUT2D eigenvalue weighted by Gasteiger charge is 2.17. The number of thiocarbonyl (C=S) groups is 1. The Bertz CT molecular complexity index is 442. The van der Waals surface area contributed by atoms with Crippen molar-refractivity contribution in [2.24, 2.45) is 11.7 Å². The van der Waals surface area contributed by atoms with Crippen molar-refractivity contribution < 1.29 is 0 Å². The van der Waals surface area contributed by atoms with Gasteiger partial charge in [0.2, 0.25) is 0 Å². The van der Waals surface area contributed by atoms with Gasteiger partial charge in [0.05, 0.1) is 0 Å². The summed E-state index contributed by atoms with van der Waals surface area (Å²) in [6, 6.07) is 6.41. The van der Waals surface area contributed by atoms with Crippen LogP contribution in [0.1, 0.15) is 37.3 Å². The maximum atomic E-state index is 5.86. The third-order valence-electron chi connectivity index (χ3n) is 3.77. The average molecular weight is 262 g/mol. The molecule has 1 heterocycles. The Kier molecular flexibility index (Phi) is 4.23. The molecule has 2 nitrogen and oxygen atoms in total. The summed E-state index contributed by atoms with van der Waals surface area (Å²) in [5.74, 6) is 0.828. The van der Waals surface area contributed by atoms with E-state index in [0.717, 1.165) is 24.6 Å². The fourth-order valence-electron chi connectivity index (χ4n) is 2.63. The van der Waals surface area contributed by atoms with Gasteiger partial charge in [0.25, 0.3) is 0 Å². The molecule has 1 saturated heterocycles. The minimum absolute atomic E-state index is 0.506. The van der Waals surface area contributed by atoms with Crippen molar-refractivity contribution in [3.63, 3.8) is 0 Å². The van der Waals surface area contributed by atoms with Crippen LogP contribution in [-0.4, -0.2) is 18.1 Å². The Morgan fingerprint density at radius 3 is 2.83 bits per heavy atom. The van der Waals surface area contributed by atoms with E-state index in [-0.39, 0.29) is 0 Å². The maximum absolute atomic E-state index is 5.86. The maximum Gasteiger partial charge on any atom is 0.106 e. The molecule has 1 aromatic carbocycles. The molecular weight excluding hydrogens is 240 g/mol.